The fourth-order valence-corrected chi connectivity index (χ4v) is 6.44. The standard InChI is InChI=1S/C25H32F3N3O5S/c1-36-18-17-31-15-12-24(13-16-31,23(32)30-33)37(34,35)21-7-5-20(6-8-21)22-9-4-19(10-14-29-22)3-2-11-25(26,27)28/h4-10,14,29,33H,2-3,11-13,15-18H2,1H3,(H,30,32). The number of hydroxylamine groups is 1. The maximum absolute atomic E-state index is 13.6. The molecule has 1 saturated heterocycles. The summed E-state index contributed by atoms with van der Waals surface area (Å²) in [5.41, 5.74) is 3.58. The fourth-order valence-electron chi connectivity index (χ4n) is 4.49. The number of alkyl halides is 3. The summed E-state index contributed by atoms with van der Waals surface area (Å²) in [6.45, 7) is 1.80. The van der Waals surface area contributed by atoms with E-state index in [0.717, 1.165) is 5.57 Å². The molecule has 0 spiro atoms. The van der Waals surface area contributed by atoms with Crippen molar-refractivity contribution in [1.29, 1.82) is 0 Å². The van der Waals surface area contributed by atoms with Gasteiger partial charge in [0, 0.05) is 45.1 Å². The molecule has 0 saturated carbocycles. The first-order valence-electron chi connectivity index (χ1n) is 11.9. The number of methoxy groups -OCH3 is 1. The Kier molecular flexibility index (Phi) is 9.57. The van der Waals surface area contributed by atoms with Gasteiger partial charge in [0.05, 0.1) is 11.5 Å². The molecule has 204 valence electrons. The van der Waals surface area contributed by atoms with Gasteiger partial charge in [-0.15, -0.1) is 0 Å². The minimum atomic E-state index is -4.19. The number of benzene rings is 1. The highest BCUT2D eigenvalue weighted by atomic mass is 32.2. The van der Waals surface area contributed by atoms with Crippen molar-refractivity contribution >= 4 is 21.4 Å². The number of piperidine rings is 1. The van der Waals surface area contributed by atoms with E-state index in [2.05, 4.69) is 5.32 Å². The molecule has 2 aliphatic heterocycles. The normalized spacial score (nSPS) is 18.4. The van der Waals surface area contributed by atoms with Crippen molar-refractivity contribution < 1.29 is 36.3 Å². The summed E-state index contributed by atoms with van der Waals surface area (Å²) in [6.07, 6.45) is 2.05. The molecular formula is C25H32F3N3O5S. The molecule has 8 nitrogen and oxygen atoms in total. The van der Waals surface area contributed by atoms with Crippen molar-refractivity contribution in [1.82, 2.24) is 15.7 Å². The Bertz CT molecular complexity index is 1140. The van der Waals surface area contributed by atoms with Crippen LogP contribution < -0.4 is 10.8 Å². The number of allylic oxidation sites excluding steroid dienone is 4. The zero-order chi connectivity index (χ0) is 27.1. The third-order valence-electron chi connectivity index (χ3n) is 6.71. The zero-order valence-corrected chi connectivity index (χ0v) is 21.4. The summed E-state index contributed by atoms with van der Waals surface area (Å²) in [5.74, 6) is -0.954. The molecule has 1 amide bonds. The lowest BCUT2D eigenvalue weighted by Crippen LogP contribution is -2.58. The van der Waals surface area contributed by atoms with Crippen LogP contribution in [0.5, 0.6) is 0 Å². The number of carbonyl (C=O) groups excluding carboxylic acids is 1. The van der Waals surface area contributed by atoms with Crippen LogP contribution in [0.2, 0.25) is 0 Å². The Morgan fingerprint density at radius 1 is 1.19 bits per heavy atom. The monoisotopic (exact) mass is 543 g/mol. The van der Waals surface area contributed by atoms with Gasteiger partial charge in [-0.05, 0) is 61.1 Å². The molecule has 0 aliphatic carbocycles. The topological polar surface area (TPSA) is 108 Å². The van der Waals surface area contributed by atoms with E-state index in [-0.39, 0.29) is 30.6 Å². The number of nitrogens with zero attached hydrogens (tertiary/aromatic N) is 1. The van der Waals surface area contributed by atoms with Crippen LogP contribution in [0, 0.1) is 0 Å². The van der Waals surface area contributed by atoms with Crippen molar-refractivity contribution in [2.24, 2.45) is 0 Å². The first kappa shape index (κ1) is 28.9. The highest BCUT2D eigenvalue weighted by molar-refractivity contribution is 7.93. The number of amides is 1. The van der Waals surface area contributed by atoms with Crippen molar-refractivity contribution in [2.45, 2.75) is 47.9 Å². The molecule has 3 N–H and O–H groups in total. The summed E-state index contributed by atoms with van der Waals surface area (Å²) in [7, 11) is -2.58. The fraction of sp³-hybridized carbons (Fsp3) is 0.480. The van der Waals surface area contributed by atoms with E-state index in [1.54, 1.807) is 49.2 Å². The van der Waals surface area contributed by atoms with Crippen LogP contribution in [0.1, 0.15) is 37.7 Å². The molecule has 2 heterocycles. The lowest BCUT2D eigenvalue weighted by Gasteiger charge is -2.39. The molecular weight excluding hydrogens is 511 g/mol. The molecule has 1 aromatic carbocycles. The number of nitrogens with one attached hydrogen (secondary N) is 2. The Balaban J connectivity index is 1.77. The van der Waals surface area contributed by atoms with E-state index in [0.29, 0.717) is 37.5 Å². The van der Waals surface area contributed by atoms with E-state index in [4.69, 9.17) is 4.74 Å². The van der Waals surface area contributed by atoms with Crippen molar-refractivity contribution in [3.05, 3.63) is 59.8 Å². The van der Waals surface area contributed by atoms with E-state index in [1.165, 1.54) is 12.1 Å². The second-order valence-electron chi connectivity index (χ2n) is 9.07. The third kappa shape index (κ3) is 7.01. The molecule has 0 radical (unpaired) electrons. The predicted molar refractivity (Wildman–Crippen MR) is 132 cm³/mol. The summed E-state index contributed by atoms with van der Waals surface area (Å²) in [5, 5.41) is 12.4. The number of likely N-dealkylation sites (tertiary alicyclic amines) is 1. The summed E-state index contributed by atoms with van der Waals surface area (Å²) >= 11 is 0. The smallest absolute Gasteiger partial charge is 0.383 e. The average Bonchev–Trinajstić information content (AvgIpc) is 3.12. The van der Waals surface area contributed by atoms with Gasteiger partial charge in [0.25, 0.3) is 5.91 Å². The van der Waals surface area contributed by atoms with Gasteiger partial charge in [0.15, 0.2) is 14.6 Å². The quantitative estimate of drug-likeness (QED) is 0.306. The van der Waals surface area contributed by atoms with Crippen LogP contribution in [0.3, 0.4) is 0 Å². The van der Waals surface area contributed by atoms with Gasteiger partial charge in [-0.25, -0.2) is 13.9 Å². The lowest BCUT2D eigenvalue weighted by molar-refractivity contribution is -0.135. The number of halogens is 3. The highest BCUT2D eigenvalue weighted by Gasteiger charge is 2.52. The minimum absolute atomic E-state index is 0.0112. The number of carbonyl (C=O) groups is 1. The van der Waals surface area contributed by atoms with Crippen LogP contribution in [0.15, 0.2) is 59.2 Å². The second-order valence-corrected chi connectivity index (χ2v) is 11.3. The van der Waals surface area contributed by atoms with Crippen LogP contribution >= 0.6 is 0 Å². The van der Waals surface area contributed by atoms with Gasteiger partial charge in [0.1, 0.15) is 0 Å². The summed E-state index contributed by atoms with van der Waals surface area (Å²) < 4.78 is 67.8. The van der Waals surface area contributed by atoms with Gasteiger partial charge in [-0.1, -0.05) is 18.2 Å². The summed E-state index contributed by atoms with van der Waals surface area (Å²) in [6, 6.07) is 6.03. The number of ether oxygens (including phenoxy) is 1. The van der Waals surface area contributed by atoms with E-state index in [9.17, 15) is 31.6 Å². The molecule has 12 heteroatoms. The number of hydrogen-bond acceptors (Lipinski definition) is 7. The van der Waals surface area contributed by atoms with Crippen LogP contribution in [0.4, 0.5) is 13.2 Å². The molecule has 0 aromatic heterocycles. The van der Waals surface area contributed by atoms with Crippen molar-refractivity contribution in [3.63, 3.8) is 0 Å². The largest absolute Gasteiger partial charge is 0.389 e. The first-order chi connectivity index (χ1) is 17.5. The second kappa shape index (κ2) is 12.2. The van der Waals surface area contributed by atoms with E-state index >= 15 is 0 Å². The van der Waals surface area contributed by atoms with Crippen LogP contribution in [-0.4, -0.2) is 68.7 Å². The van der Waals surface area contributed by atoms with Gasteiger partial charge < -0.3 is 15.0 Å². The van der Waals surface area contributed by atoms with Crippen molar-refractivity contribution in [3.8, 4) is 0 Å². The SMILES string of the molecule is COCCN1CCC(C(=O)NO)(S(=O)(=O)c2ccc(C3=CC=C(CCCC(F)(F)F)C=CN3)cc2)CC1. The lowest BCUT2D eigenvalue weighted by atomic mass is 9.95. The highest BCUT2D eigenvalue weighted by Crippen LogP contribution is 2.36. The number of sulfone groups is 1. The van der Waals surface area contributed by atoms with Gasteiger partial charge >= 0.3 is 6.18 Å². The molecule has 0 unspecified atom stereocenters. The Labute approximate surface area is 214 Å². The van der Waals surface area contributed by atoms with Crippen LogP contribution in [0.25, 0.3) is 5.70 Å². The number of rotatable bonds is 10. The Morgan fingerprint density at radius 3 is 2.46 bits per heavy atom. The molecule has 2 aliphatic rings. The van der Waals surface area contributed by atoms with Gasteiger partial charge in [-0.3, -0.25) is 10.0 Å². The van der Waals surface area contributed by atoms with Crippen molar-refractivity contribution in [2.75, 3.05) is 33.4 Å². The molecule has 0 atom stereocenters. The van der Waals surface area contributed by atoms with Gasteiger partial charge in [-0.2, -0.15) is 13.2 Å². The molecule has 1 aromatic rings. The number of hydrogen-bond donors (Lipinski definition) is 3. The zero-order valence-electron chi connectivity index (χ0n) is 20.6. The summed E-state index contributed by atoms with van der Waals surface area (Å²) in [4.78, 5) is 14.6. The van der Waals surface area contributed by atoms with E-state index in [1.807, 2.05) is 4.90 Å². The molecule has 3 rings (SSSR count). The Hall–Kier alpha value is -2.67. The third-order valence-corrected chi connectivity index (χ3v) is 9.22. The maximum atomic E-state index is 13.6. The first-order valence-corrected chi connectivity index (χ1v) is 13.4. The Morgan fingerprint density at radius 2 is 1.86 bits per heavy atom. The molecule has 1 fully saturated rings. The predicted octanol–water partition coefficient (Wildman–Crippen LogP) is 3.56. The maximum Gasteiger partial charge on any atom is 0.389 e. The average molecular weight is 544 g/mol. The molecule has 37 heavy (non-hydrogen) atoms. The van der Waals surface area contributed by atoms with E-state index < -0.39 is 33.1 Å². The molecule has 0 bridgehead atoms. The van der Waals surface area contributed by atoms with Crippen LogP contribution in [-0.2, 0) is 19.4 Å². The minimum Gasteiger partial charge on any atom is -0.383 e. The van der Waals surface area contributed by atoms with Gasteiger partial charge in [0.2, 0.25) is 0 Å².